The first-order valence-electron chi connectivity index (χ1n) is 8.83. The van der Waals surface area contributed by atoms with Gasteiger partial charge in [0.15, 0.2) is 0 Å². The van der Waals surface area contributed by atoms with Crippen molar-refractivity contribution in [2.45, 2.75) is 32.6 Å². The smallest absolute Gasteiger partial charge is 0.305 e. The molecule has 1 atom stereocenters. The minimum atomic E-state index is -0.908. The lowest BCUT2D eigenvalue weighted by Gasteiger charge is -2.34. The number of carbonyl (C=O) groups is 3. The van der Waals surface area contributed by atoms with Crippen LogP contribution in [0.5, 0.6) is 0 Å². The molecular formula is C19H26N2O4. The number of carbonyl (C=O) groups excluding carboxylic acids is 2. The molecule has 1 aliphatic rings. The number of piperidine rings is 1. The zero-order valence-corrected chi connectivity index (χ0v) is 14.7. The Morgan fingerprint density at radius 1 is 1.24 bits per heavy atom. The van der Waals surface area contributed by atoms with E-state index >= 15 is 0 Å². The summed E-state index contributed by atoms with van der Waals surface area (Å²) in [5.41, 5.74) is 0.970. The normalized spacial score (nSPS) is 17.2. The van der Waals surface area contributed by atoms with Gasteiger partial charge in [-0.1, -0.05) is 30.3 Å². The van der Waals surface area contributed by atoms with Gasteiger partial charge < -0.3 is 14.9 Å². The second kappa shape index (κ2) is 9.20. The Labute approximate surface area is 148 Å². The monoisotopic (exact) mass is 346 g/mol. The third kappa shape index (κ3) is 5.59. The first-order valence-corrected chi connectivity index (χ1v) is 8.83. The molecule has 25 heavy (non-hydrogen) atoms. The lowest BCUT2D eigenvalue weighted by Crippen LogP contribution is -2.47. The molecule has 1 aromatic rings. The van der Waals surface area contributed by atoms with E-state index in [1.54, 1.807) is 9.80 Å². The molecule has 6 nitrogen and oxygen atoms in total. The average molecular weight is 346 g/mol. The number of aliphatic carboxylic acids is 1. The van der Waals surface area contributed by atoms with Crippen LogP contribution in [0.3, 0.4) is 0 Å². The highest BCUT2D eigenvalue weighted by atomic mass is 16.4. The van der Waals surface area contributed by atoms with Crippen LogP contribution < -0.4 is 0 Å². The van der Waals surface area contributed by atoms with Crippen molar-refractivity contribution in [3.63, 3.8) is 0 Å². The number of amides is 2. The largest absolute Gasteiger partial charge is 0.481 e. The van der Waals surface area contributed by atoms with Crippen LogP contribution in [0.2, 0.25) is 0 Å². The van der Waals surface area contributed by atoms with Crippen molar-refractivity contribution in [3.8, 4) is 0 Å². The molecule has 0 aromatic heterocycles. The van der Waals surface area contributed by atoms with Crippen LogP contribution in [-0.4, -0.2) is 58.9 Å². The summed E-state index contributed by atoms with van der Waals surface area (Å²) in [6, 6.07) is 9.59. The van der Waals surface area contributed by atoms with Crippen LogP contribution in [-0.2, 0) is 20.8 Å². The molecule has 1 unspecified atom stereocenters. The topological polar surface area (TPSA) is 77.9 Å². The standard InChI is InChI=1S/C19H26N2O4/c1-2-20(12-10-18(23)24)19(25)16-9-6-11-21(14-16)17(22)13-15-7-4-3-5-8-15/h3-5,7-8,16H,2,6,9-14H2,1H3,(H,23,24). The van der Waals surface area contributed by atoms with Crippen LogP contribution in [0.25, 0.3) is 0 Å². The van der Waals surface area contributed by atoms with Crippen molar-refractivity contribution in [1.29, 1.82) is 0 Å². The number of rotatable bonds is 7. The number of nitrogens with zero attached hydrogens (tertiary/aromatic N) is 2. The van der Waals surface area contributed by atoms with Gasteiger partial charge in [-0.2, -0.15) is 0 Å². The van der Waals surface area contributed by atoms with Crippen molar-refractivity contribution in [3.05, 3.63) is 35.9 Å². The maximum Gasteiger partial charge on any atom is 0.305 e. The van der Waals surface area contributed by atoms with Crippen molar-refractivity contribution in [1.82, 2.24) is 9.80 Å². The molecule has 1 heterocycles. The lowest BCUT2D eigenvalue weighted by atomic mass is 9.95. The highest BCUT2D eigenvalue weighted by Gasteiger charge is 2.30. The van der Waals surface area contributed by atoms with E-state index in [0.29, 0.717) is 26.1 Å². The molecule has 0 saturated carbocycles. The molecule has 6 heteroatoms. The fourth-order valence-corrected chi connectivity index (χ4v) is 3.20. The fourth-order valence-electron chi connectivity index (χ4n) is 3.20. The van der Waals surface area contributed by atoms with Crippen LogP contribution in [0.15, 0.2) is 30.3 Å². The number of benzene rings is 1. The van der Waals surface area contributed by atoms with Crippen molar-refractivity contribution in [2.75, 3.05) is 26.2 Å². The quantitative estimate of drug-likeness (QED) is 0.816. The number of hydrogen-bond donors (Lipinski definition) is 1. The highest BCUT2D eigenvalue weighted by molar-refractivity contribution is 5.82. The summed E-state index contributed by atoms with van der Waals surface area (Å²) in [6.07, 6.45) is 1.84. The van der Waals surface area contributed by atoms with Gasteiger partial charge in [0.1, 0.15) is 0 Å². The van der Waals surface area contributed by atoms with Gasteiger partial charge in [0.2, 0.25) is 11.8 Å². The summed E-state index contributed by atoms with van der Waals surface area (Å²) in [5, 5.41) is 8.81. The summed E-state index contributed by atoms with van der Waals surface area (Å²) < 4.78 is 0. The highest BCUT2D eigenvalue weighted by Crippen LogP contribution is 2.20. The lowest BCUT2D eigenvalue weighted by molar-refractivity contribution is -0.141. The molecule has 2 amide bonds. The zero-order chi connectivity index (χ0) is 18.2. The van der Waals surface area contributed by atoms with Gasteiger partial charge in [-0.15, -0.1) is 0 Å². The summed E-state index contributed by atoms with van der Waals surface area (Å²) in [5.74, 6) is -1.14. The van der Waals surface area contributed by atoms with E-state index < -0.39 is 5.97 Å². The maximum absolute atomic E-state index is 12.7. The summed E-state index contributed by atoms with van der Waals surface area (Å²) in [7, 11) is 0. The molecule has 0 bridgehead atoms. The van der Waals surface area contributed by atoms with E-state index in [1.165, 1.54) is 0 Å². The van der Waals surface area contributed by atoms with Gasteiger partial charge in [0.25, 0.3) is 0 Å². The molecule has 1 aromatic carbocycles. The van der Waals surface area contributed by atoms with Crippen molar-refractivity contribution >= 4 is 17.8 Å². The number of likely N-dealkylation sites (tertiary alicyclic amines) is 1. The van der Waals surface area contributed by atoms with Crippen LogP contribution in [0, 0.1) is 5.92 Å². The van der Waals surface area contributed by atoms with Crippen LogP contribution in [0.1, 0.15) is 31.7 Å². The third-order valence-corrected chi connectivity index (χ3v) is 4.61. The van der Waals surface area contributed by atoms with E-state index in [9.17, 15) is 14.4 Å². The Bertz CT molecular complexity index is 603. The van der Waals surface area contributed by atoms with Gasteiger partial charge in [0, 0.05) is 26.2 Å². The van der Waals surface area contributed by atoms with E-state index in [2.05, 4.69) is 0 Å². The predicted octanol–water partition coefficient (Wildman–Crippen LogP) is 1.79. The predicted molar refractivity (Wildman–Crippen MR) is 94.0 cm³/mol. The van der Waals surface area contributed by atoms with Gasteiger partial charge in [-0.3, -0.25) is 14.4 Å². The van der Waals surface area contributed by atoms with E-state index in [0.717, 1.165) is 18.4 Å². The Balaban J connectivity index is 1.93. The van der Waals surface area contributed by atoms with Crippen LogP contribution in [0.4, 0.5) is 0 Å². The summed E-state index contributed by atoms with van der Waals surface area (Å²) >= 11 is 0. The molecule has 136 valence electrons. The van der Waals surface area contributed by atoms with Crippen molar-refractivity contribution < 1.29 is 19.5 Å². The molecule has 0 aliphatic carbocycles. The van der Waals surface area contributed by atoms with Gasteiger partial charge >= 0.3 is 5.97 Å². The molecule has 2 rings (SSSR count). The second-order valence-electron chi connectivity index (χ2n) is 6.40. The SMILES string of the molecule is CCN(CCC(=O)O)C(=O)C1CCCN(C(=O)Cc2ccccc2)C1. The van der Waals surface area contributed by atoms with Crippen molar-refractivity contribution in [2.24, 2.45) is 5.92 Å². The minimum absolute atomic E-state index is 0.0392. The Morgan fingerprint density at radius 3 is 2.60 bits per heavy atom. The van der Waals surface area contributed by atoms with Gasteiger partial charge in [-0.05, 0) is 25.3 Å². The first kappa shape index (κ1) is 19.0. The van der Waals surface area contributed by atoms with Crippen LogP contribution >= 0.6 is 0 Å². The molecule has 1 N–H and O–H groups in total. The molecule has 0 spiro atoms. The number of carboxylic acids is 1. The molecule has 1 fully saturated rings. The number of hydrogen-bond acceptors (Lipinski definition) is 3. The molecular weight excluding hydrogens is 320 g/mol. The van der Waals surface area contributed by atoms with E-state index in [4.69, 9.17) is 5.11 Å². The first-order chi connectivity index (χ1) is 12.0. The minimum Gasteiger partial charge on any atom is -0.481 e. The summed E-state index contributed by atoms with van der Waals surface area (Å²) in [4.78, 5) is 39.3. The molecule has 1 saturated heterocycles. The zero-order valence-electron chi connectivity index (χ0n) is 14.7. The summed E-state index contributed by atoms with van der Waals surface area (Å²) in [6.45, 7) is 3.66. The van der Waals surface area contributed by atoms with E-state index in [1.807, 2.05) is 37.3 Å². The Morgan fingerprint density at radius 2 is 1.96 bits per heavy atom. The third-order valence-electron chi connectivity index (χ3n) is 4.61. The molecule has 0 radical (unpaired) electrons. The van der Waals surface area contributed by atoms with Gasteiger partial charge in [0.05, 0.1) is 18.8 Å². The Hall–Kier alpha value is -2.37. The maximum atomic E-state index is 12.7. The van der Waals surface area contributed by atoms with Gasteiger partial charge in [-0.25, -0.2) is 0 Å². The second-order valence-corrected chi connectivity index (χ2v) is 6.40. The number of carboxylic acid groups (broad SMARTS) is 1. The fraction of sp³-hybridized carbons (Fsp3) is 0.526. The Kier molecular flexibility index (Phi) is 6.98. The van der Waals surface area contributed by atoms with E-state index in [-0.39, 0.29) is 30.7 Å². The average Bonchev–Trinajstić information content (AvgIpc) is 2.62. The molecule has 1 aliphatic heterocycles.